The Morgan fingerprint density at radius 1 is 1.15 bits per heavy atom. The van der Waals surface area contributed by atoms with Gasteiger partial charge in [-0.05, 0) is 38.5 Å². The van der Waals surface area contributed by atoms with Crippen LogP contribution < -0.4 is 10.2 Å². The van der Waals surface area contributed by atoms with Gasteiger partial charge in [0.05, 0.1) is 7.11 Å². The molecule has 3 aromatic rings. The summed E-state index contributed by atoms with van der Waals surface area (Å²) < 4.78 is 10.8. The molecule has 0 amide bonds. The molecule has 0 unspecified atom stereocenters. The topological polar surface area (TPSA) is 100 Å². The van der Waals surface area contributed by atoms with Crippen LogP contribution in [0.25, 0.3) is 22.3 Å². The number of allylic oxidation sites excluding steroid dienone is 2. The van der Waals surface area contributed by atoms with Gasteiger partial charge in [-0.25, -0.2) is 0 Å². The van der Waals surface area contributed by atoms with E-state index in [0.29, 0.717) is 12.0 Å². The summed E-state index contributed by atoms with van der Waals surface area (Å²) in [5.74, 6) is -0.0181. The molecule has 27 heavy (non-hydrogen) atoms. The van der Waals surface area contributed by atoms with Crippen LogP contribution in [0.4, 0.5) is 0 Å². The molecule has 0 aliphatic rings. The van der Waals surface area contributed by atoms with Crippen LogP contribution in [0.1, 0.15) is 22.3 Å². The lowest BCUT2D eigenvalue weighted by Gasteiger charge is -2.10. The van der Waals surface area contributed by atoms with Gasteiger partial charge in [0.2, 0.25) is 0 Å². The number of hydrogen-bond acceptors (Lipinski definition) is 6. The summed E-state index contributed by atoms with van der Waals surface area (Å²) in [6, 6.07) is 7.12. The molecule has 0 fully saturated rings. The maximum atomic E-state index is 12.6. The van der Waals surface area contributed by atoms with Crippen molar-refractivity contribution in [2.45, 2.75) is 20.3 Å². The highest BCUT2D eigenvalue weighted by molar-refractivity contribution is 5.88. The lowest BCUT2D eigenvalue weighted by atomic mass is 10.0. The average Bonchev–Trinajstić information content (AvgIpc) is 2.60. The van der Waals surface area contributed by atoms with Gasteiger partial charge in [0, 0.05) is 26.1 Å². The molecule has 0 bridgehead atoms. The highest BCUT2D eigenvalue weighted by atomic mass is 16.5. The SMILES string of the molecule is COc1cc(-c2cc(=O)c3c(O)c(CC=C(C)C)c(O)cc3o2)ccc1O.[HH].[HH]. The molecule has 2 aromatic carbocycles. The van der Waals surface area contributed by atoms with Crippen LogP contribution in [-0.2, 0) is 6.42 Å². The van der Waals surface area contributed by atoms with Crippen LogP contribution in [0.2, 0.25) is 0 Å². The van der Waals surface area contributed by atoms with E-state index in [-0.39, 0.29) is 48.1 Å². The number of fused-ring (bicyclic) bond motifs is 1. The summed E-state index contributed by atoms with van der Waals surface area (Å²) in [6.45, 7) is 3.81. The van der Waals surface area contributed by atoms with Gasteiger partial charge in [-0.3, -0.25) is 4.79 Å². The predicted molar refractivity (Wildman–Crippen MR) is 107 cm³/mol. The van der Waals surface area contributed by atoms with E-state index in [1.807, 2.05) is 19.9 Å². The Bertz CT molecular complexity index is 1110. The molecule has 144 valence electrons. The van der Waals surface area contributed by atoms with Crippen molar-refractivity contribution in [1.82, 2.24) is 0 Å². The van der Waals surface area contributed by atoms with Crippen LogP contribution in [0.15, 0.2) is 51.2 Å². The van der Waals surface area contributed by atoms with Crippen molar-refractivity contribution in [3.63, 3.8) is 0 Å². The van der Waals surface area contributed by atoms with Gasteiger partial charge in [0.25, 0.3) is 0 Å². The number of benzene rings is 2. The number of rotatable bonds is 4. The molecule has 0 saturated carbocycles. The lowest BCUT2D eigenvalue weighted by molar-refractivity contribution is 0.373. The summed E-state index contributed by atoms with van der Waals surface area (Å²) in [7, 11) is 1.42. The minimum absolute atomic E-state index is 0. The summed E-state index contributed by atoms with van der Waals surface area (Å²) in [4.78, 5) is 12.6. The van der Waals surface area contributed by atoms with E-state index >= 15 is 0 Å². The maximum Gasteiger partial charge on any atom is 0.197 e. The highest BCUT2D eigenvalue weighted by Gasteiger charge is 2.18. The zero-order valence-corrected chi connectivity index (χ0v) is 15.2. The second-order valence-electron chi connectivity index (χ2n) is 6.44. The fourth-order valence-electron chi connectivity index (χ4n) is 2.81. The van der Waals surface area contributed by atoms with Crippen LogP contribution in [-0.4, -0.2) is 22.4 Å². The molecule has 3 rings (SSSR count). The molecule has 0 radical (unpaired) electrons. The fourth-order valence-corrected chi connectivity index (χ4v) is 2.81. The van der Waals surface area contributed by atoms with Crippen molar-refractivity contribution in [1.29, 1.82) is 0 Å². The van der Waals surface area contributed by atoms with Crippen LogP contribution >= 0.6 is 0 Å². The molecule has 1 heterocycles. The minimum Gasteiger partial charge on any atom is -0.507 e. The van der Waals surface area contributed by atoms with Crippen LogP contribution in [0.5, 0.6) is 23.0 Å². The maximum absolute atomic E-state index is 12.6. The first-order chi connectivity index (χ1) is 12.8. The molecule has 1 aromatic heterocycles. The molecule has 0 atom stereocenters. The Hall–Kier alpha value is -3.41. The van der Waals surface area contributed by atoms with Crippen LogP contribution in [0, 0.1) is 0 Å². The number of methoxy groups -OCH3 is 1. The summed E-state index contributed by atoms with van der Waals surface area (Å²) in [6.07, 6.45) is 2.14. The van der Waals surface area contributed by atoms with Crippen molar-refractivity contribution in [3.05, 3.63) is 57.8 Å². The largest absolute Gasteiger partial charge is 0.507 e. The second-order valence-corrected chi connectivity index (χ2v) is 6.44. The molecule has 0 saturated heterocycles. The first kappa shape index (κ1) is 18.4. The Labute approximate surface area is 158 Å². The van der Waals surface area contributed by atoms with Crippen molar-refractivity contribution in [3.8, 4) is 34.3 Å². The fraction of sp³-hybridized carbons (Fsp3) is 0.190. The van der Waals surface area contributed by atoms with Crippen molar-refractivity contribution in [2.24, 2.45) is 0 Å². The number of aromatic hydroxyl groups is 3. The molecule has 6 heteroatoms. The molecule has 3 N–H and O–H groups in total. The predicted octanol–water partition coefficient (Wildman–Crippen LogP) is 4.59. The first-order valence-corrected chi connectivity index (χ1v) is 8.34. The third-order valence-corrected chi connectivity index (χ3v) is 4.25. The Morgan fingerprint density at radius 2 is 1.89 bits per heavy atom. The smallest absolute Gasteiger partial charge is 0.197 e. The van der Waals surface area contributed by atoms with E-state index in [0.717, 1.165) is 5.57 Å². The standard InChI is InChI=1S/C21H20O6.2H2/c1-11(2)4-6-13-15(23)9-19-20(21(13)25)16(24)10-17(27-19)12-5-7-14(22)18(8-12)26-3;;/h4-5,7-10,22-23,25H,6H2,1-3H3;2*1H. The molecule has 0 spiro atoms. The van der Waals surface area contributed by atoms with E-state index in [4.69, 9.17) is 9.15 Å². The van der Waals surface area contributed by atoms with Gasteiger partial charge in [0.1, 0.15) is 28.2 Å². The van der Waals surface area contributed by atoms with Gasteiger partial charge >= 0.3 is 0 Å². The highest BCUT2D eigenvalue weighted by Crippen LogP contribution is 2.37. The molecule has 6 nitrogen and oxygen atoms in total. The minimum atomic E-state index is -0.436. The van der Waals surface area contributed by atoms with E-state index in [1.54, 1.807) is 6.07 Å². The molecule has 0 aliphatic carbocycles. The Balaban J connectivity index is 0.00000210. The zero-order chi connectivity index (χ0) is 19.7. The lowest BCUT2D eigenvalue weighted by Crippen LogP contribution is -2.02. The van der Waals surface area contributed by atoms with Gasteiger partial charge < -0.3 is 24.5 Å². The van der Waals surface area contributed by atoms with Gasteiger partial charge in [0.15, 0.2) is 16.9 Å². The summed E-state index contributed by atoms with van der Waals surface area (Å²) in [5.41, 5.74) is 1.44. The van der Waals surface area contributed by atoms with Crippen molar-refractivity contribution >= 4 is 11.0 Å². The van der Waals surface area contributed by atoms with Gasteiger partial charge in [-0.15, -0.1) is 0 Å². The van der Waals surface area contributed by atoms with Crippen molar-refractivity contribution in [2.75, 3.05) is 7.11 Å². The molecular formula is C21H24O6. The first-order valence-electron chi connectivity index (χ1n) is 8.34. The van der Waals surface area contributed by atoms with E-state index in [2.05, 4.69) is 0 Å². The third-order valence-electron chi connectivity index (χ3n) is 4.25. The van der Waals surface area contributed by atoms with E-state index in [9.17, 15) is 20.1 Å². The number of phenolic OH excluding ortho intramolecular Hbond substituents is 3. The second kappa shape index (κ2) is 7.07. The van der Waals surface area contributed by atoms with E-state index in [1.165, 1.54) is 31.4 Å². The number of hydrogen-bond donors (Lipinski definition) is 3. The monoisotopic (exact) mass is 372 g/mol. The molecular weight excluding hydrogens is 348 g/mol. The number of phenols is 3. The summed E-state index contributed by atoms with van der Waals surface area (Å²) >= 11 is 0. The number of ether oxygens (including phenoxy) is 1. The zero-order valence-electron chi connectivity index (χ0n) is 15.2. The quantitative estimate of drug-likeness (QED) is 0.579. The third kappa shape index (κ3) is 3.46. The van der Waals surface area contributed by atoms with Crippen molar-refractivity contribution < 1.29 is 27.3 Å². The normalized spacial score (nSPS) is 10.8. The van der Waals surface area contributed by atoms with E-state index < -0.39 is 5.43 Å². The Kier molecular flexibility index (Phi) is 4.81. The average molecular weight is 372 g/mol. The van der Waals surface area contributed by atoms with Gasteiger partial charge in [-0.2, -0.15) is 0 Å². The molecule has 0 aliphatic heterocycles. The van der Waals surface area contributed by atoms with Crippen LogP contribution in [0.3, 0.4) is 0 Å². The van der Waals surface area contributed by atoms with Gasteiger partial charge in [-0.1, -0.05) is 11.6 Å². The Morgan fingerprint density at radius 3 is 2.56 bits per heavy atom. The summed E-state index contributed by atoms with van der Waals surface area (Å²) in [5, 5.41) is 30.5.